The molecular weight excluding hydrogens is 208 g/mol. The number of pyridine rings is 1. The van der Waals surface area contributed by atoms with Crippen LogP contribution in [0, 0.1) is 0 Å². The zero-order valence-electron chi connectivity index (χ0n) is 8.02. The lowest BCUT2D eigenvalue weighted by molar-refractivity contribution is 0.0698. The Kier molecular flexibility index (Phi) is 1.54. The van der Waals surface area contributed by atoms with Gasteiger partial charge in [-0.2, -0.15) is 0 Å². The van der Waals surface area contributed by atoms with Gasteiger partial charge < -0.3 is 10.4 Å². The van der Waals surface area contributed by atoms with E-state index in [4.69, 9.17) is 5.11 Å². The van der Waals surface area contributed by atoms with Gasteiger partial charge in [0, 0.05) is 11.6 Å². The van der Waals surface area contributed by atoms with Crippen molar-refractivity contribution >= 4 is 28.5 Å². The molecule has 0 radical (unpaired) electrons. The van der Waals surface area contributed by atoms with E-state index < -0.39 is 5.97 Å². The second-order valence-corrected chi connectivity index (χ2v) is 3.50. The summed E-state index contributed by atoms with van der Waals surface area (Å²) < 4.78 is 0. The summed E-state index contributed by atoms with van der Waals surface area (Å²) in [4.78, 5) is 26.6. The minimum absolute atomic E-state index is 0.108. The predicted octanol–water partition coefficient (Wildman–Crippen LogP) is 1.50. The van der Waals surface area contributed by atoms with Gasteiger partial charge in [-0.1, -0.05) is 0 Å². The van der Waals surface area contributed by atoms with E-state index in [0.717, 1.165) is 0 Å². The van der Waals surface area contributed by atoms with Crippen LogP contribution in [0.2, 0.25) is 0 Å². The number of aromatic carboxylic acids is 1. The van der Waals surface area contributed by atoms with Gasteiger partial charge in [0.05, 0.1) is 22.3 Å². The summed E-state index contributed by atoms with van der Waals surface area (Å²) in [5.74, 6) is -1.26. The lowest BCUT2D eigenvalue weighted by atomic mass is 10.0. The Labute approximate surface area is 89.7 Å². The van der Waals surface area contributed by atoms with E-state index in [0.29, 0.717) is 22.2 Å². The van der Waals surface area contributed by atoms with Crippen LogP contribution in [0.25, 0.3) is 10.9 Å². The molecule has 5 heteroatoms. The second-order valence-electron chi connectivity index (χ2n) is 3.50. The average molecular weight is 214 g/mol. The molecule has 3 rings (SSSR count). The Morgan fingerprint density at radius 2 is 2.12 bits per heavy atom. The van der Waals surface area contributed by atoms with E-state index in [9.17, 15) is 9.59 Å². The van der Waals surface area contributed by atoms with Crippen LogP contribution < -0.4 is 5.32 Å². The third-order valence-corrected chi connectivity index (χ3v) is 2.62. The summed E-state index contributed by atoms with van der Waals surface area (Å²) in [5.41, 5.74) is 1.55. The van der Waals surface area contributed by atoms with Crippen molar-refractivity contribution in [2.75, 3.05) is 5.32 Å². The highest BCUT2D eigenvalue weighted by Gasteiger charge is 2.24. The molecule has 78 valence electrons. The van der Waals surface area contributed by atoms with Gasteiger partial charge in [-0.05, 0) is 18.2 Å². The number of carbonyl (C=O) groups is 2. The molecule has 2 heterocycles. The van der Waals surface area contributed by atoms with Crippen molar-refractivity contribution < 1.29 is 14.7 Å². The van der Waals surface area contributed by atoms with Crippen LogP contribution in [0.1, 0.15) is 20.7 Å². The number of benzene rings is 1. The zero-order valence-corrected chi connectivity index (χ0v) is 8.02. The quantitative estimate of drug-likeness (QED) is 0.753. The van der Waals surface area contributed by atoms with Crippen LogP contribution in [0.15, 0.2) is 24.4 Å². The molecule has 5 nitrogen and oxygen atoms in total. The summed E-state index contributed by atoms with van der Waals surface area (Å²) in [6.45, 7) is 0. The van der Waals surface area contributed by atoms with Crippen LogP contribution in [0.4, 0.5) is 5.69 Å². The molecule has 1 aliphatic rings. The van der Waals surface area contributed by atoms with Crippen molar-refractivity contribution in [3.63, 3.8) is 0 Å². The predicted molar refractivity (Wildman–Crippen MR) is 56.7 cm³/mol. The minimum atomic E-state index is -1.05. The Hall–Kier alpha value is -2.43. The summed E-state index contributed by atoms with van der Waals surface area (Å²) in [7, 11) is 0. The molecule has 2 N–H and O–H groups in total. The van der Waals surface area contributed by atoms with E-state index in [1.54, 1.807) is 6.07 Å². The summed E-state index contributed by atoms with van der Waals surface area (Å²) in [6, 6.07) is 4.57. The number of carboxylic acids is 1. The highest BCUT2D eigenvalue weighted by Crippen LogP contribution is 2.33. The van der Waals surface area contributed by atoms with E-state index in [1.807, 2.05) is 0 Å². The number of nitrogens with one attached hydrogen (secondary N) is 1. The van der Waals surface area contributed by atoms with Gasteiger partial charge in [0.2, 0.25) is 0 Å². The maximum Gasteiger partial charge on any atom is 0.337 e. The van der Waals surface area contributed by atoms with Gasteiger partial charge in [0.1, 0.15) is 0 Å². The number of aromatic nitrogens is 1. The van der Waals surface area contributed by atoms with Crippen LogP contribution in [0.5, 0.6) is 0 Å². The number of hydrogen-bond donors (Lipinski definition) is 2. The molecule has 0 unspecified atom stereocenters. The zero-order chi connectivity index (χ0) is 11.3. The molecule has 0 atom stereocenters. The maximum absolute atomic E-state index is 11.5. The van der Waals surface area contributed by atoms with Gasteiger partial charge >= 0.3 is 5.97 Å². The first-order valence-corrected chi connectivity index (χ1v) is 4.65. The standard InChI is InChI=1S/C11H6N2O3/c14-10-5-1-2-6(11(15)16)9-8(5)7(13-10)3-4-12-9/h1-4H,(H,13,14)(H,15,16). The molecule has 0 saturated heterocycles. The van der Waals surface area contributed by atoms with Crippen molar-refractivity contribution in [1.82, 2.24) is 4.98 Å². The first-order chi connectivity index (χ1) is 7.68. The first-order valence-electron chi connectivity index (χ1n) is 4.65. The largest absolute Gasteiger partial charge is 0.478 e. The highest BCUT2D eigenvalue weighted by atomic mass is 16.4. The number of rotatable bonds is 1. The number of carboxylic acid groups (broad SMARTS) is 1. The van der Waals surface area contributed by atoms with Crippen LogP contribution in [-0.2, 0) is 0 Å². The number of carbonyl (C=O) groups excluding carboxylic acids is 1. The lowest BCUT2D eigenvalue weighted by Crippen LogP contribution is -2.04. The SMILES string of the molecule is O=C(O)c1ccc2c3c(ccnc13)NC2=O. The molecular formula is C11H6N2O3. The Balaban J connectivity index is 2.51. The highest BCUT2D eigenvalue weighted by molar-refractivity contribution is 6.25. The summed E-state index contributed by atoms with van der Waals surface area (Å²) in [6.07, 6.45) is 1.49. The van der Waals surface area contributed by atoms with Gasteiger partial charge in [0.25, 0.3) is 5.91 Å². The van der Waals surface area contributed by atoms with Crippen molar-refractivity contribution in [2.45, 2.75) is 0 Å². The molecule has 1 amide bonds. The van der Waals surface area contributed by atoms with E-state index >= 15 is 0 Å². The molecule has 0 fully saturated rings. The molecule has 1 aliphatic heterocycles. The first kappa shape index (κ1) is 8.84. The number of nitrogens with zero attached hydrogens (tertiary/aromatic N) is 1. The smallest absolute Gasteiger partial charge is 0.337 e. The minimum Gasteiger partial charge on any atom is -0.478 e. The van der Waals surface area contributed by atoms with Gasteiger partial charge in [-0.25, -0.2) is 4.79 Å². The fraction of sp³-hybridized carbons (Fsp3) is 0. The molecule has 1 aromatic carbocycles. The molecule has 0 aliphatic carbocycles. The second kappa shape index (κ2) is 2.79. The molecule has 0 spiro atoms. The summed E-state index contributed by atoms with van der Waals surface area (Å²) >= 11 is 0. The Morgan fingerprint density at radius 1 is 1.31 bits per heavy atom. The van der Waals surface area contributed by atoms with Gasteiger partial charge in [-0.15, -0.1) is 0 Å². The lowest BCUT2D eigenvalue weighted by Gasteiger charge is -2.01. The third-order valence-electron chi connectivity index (χ3n) is 2.62. The van der Waals surface area contributed by atoms with Crippen LogP contribution in [0.3, 0.4) is 0 Å². The number of hydrogen-bond acceptors (Lipinski definition) is 3. The van der Waals surface area contributed by atoms with E-state index in [1.165, 1.54) is 18.3 Å². The van der Waals surface area contributed by atoms with Crippen LogP contribution >= 0.6 is 0 Å². The number of anilines is 1. The third kappa shape index (κ3) is 0.967. The molecule has 1 aromatic heterocycles. The monoisotopic (exact) mass is 214 g/mol. The molecule has 0 bridgehead atoms. The van der Waals surface area contributed by atoms with Gasteiger partial charge in [0.15, 0.2) is 0 Å². The molecule has 16 heavy (non-hydrogen) atoms. The average Bonchev–Trinajstić information content (AvgIpc) is 2.58. The maximum atomic E-state index is 11.5. The van der Waals surface area contributed by atoms with Crippen molar-refractivity contribution in [1.29, 1.82) is 0 Å². The van der Waals surface area contributed by atoms with Gasteiger partial charge in [-0.3, -0.25) is 9.78 Å². The number of amides is 1. The summed E-state index contributed by atoms with van der Waals surface area (Å²) in [5, 5.41) is 12.3. The topological polar surface area (TPSA) is 79.3 Å². The van der Waals surface area contributed by atoms with Crippen molar-refractivity contribution in [3.05, 3.63) is 35.5 Å². The molecule has 2 aromatic rings. The van der Waals surface area contributed by atoms with Crippen LogP contribution in [-0.4, -0.2) is 22.0 Å². The van der Waals surface area contributed by atoms with Crippen molar-refractivity contribution in [2.24, 2.45) is 0 Å². The fourth-order valence-corrected chi connectivity index (χ4v) is 1.92. The normalized spacial score (nSPS) is 12.9. The van der Waals surface area contributed by atoms with E-state index in [-0.39, 0.29) is 11.5 Å². The fourth-order valence-electron chi connectivity index (χ4n) is 1.92. The Morgan fingerprint density at radius 3 is 2.88 bits per heavy atom. The van der Waals surface area contributed by atoms with Crippen molar-refractivity contribution in [3.8, 4) is 0 Å². The molecule has 0 saturated carbocycles. The Bertz CT molecular complexity index is 649. The van der Waals surface area contributed by atoms with E-state index in [2.05, 4.69) is 10.3 Å².